The third-order valence-corrected chi connectivity index (χ3v) is 13.3. The lowest BCUT2D eigenvalue weighted by Crippen LogP contribution is -2.13. The first-order valence-corrected chi connectivity index (χ1v) is 24.3. The predicted molar refractivity (Wildman–Crippen MR) is 280 cm³/mol. The van der Waals surface area contributed by atoms with Crippen LogP contribution >= 0.6 is 0 Å². The normalized spacial score (nSPS) is 14.6. The Kier molecular flexibility index (Phi) is 13.1. The number of benzene rings is 2. The number of anilines is 4. The van der Waals surface area contributed by atoms with Gasteiger partial charge >= 0.3 is 0 Å². The summed E-state index contributed by atoms with van der Waals surface area (Å²) in [6.07, 6.45) is 18.3. The number of aromatic nitrogens is 12. The Morgan fingerprint density at radius 2 is 1.17 bits per heavy atom. The van der Waals surface area contributed by atoms with Crippen LogP contribution in [0.1, 0.15) is 85.6 Å². The van der Waals surface area contributed by atoms with Gasteiger partial charge in [-0.1, -0.05) is 48.5 Å². The second-order valence-corrected chi connectivity index (χ2v) is 18.2. The van der Waals surface area contributed by atoms with E-state index in [9.17, 15) is 0 Å². The Balaban J connectivity index is 0.791. The van der Waals surface area contributed by atoms with Crippen LogP contribution in [0.4, 0.5) is 23.5 Å². The van der Waals surface area contributed by atoms with Crippen LogP contribution in [0.3, 0.4) is 0 Å². The Morgan fingerprint density at radius 3 is 1.68 bits per heavy atom. The summed E-state index contributed by atoms with van der Waals surface area (Å²) in [5, 5.41) is 42.1. The number of rotatable bonds is 18. The number of hydrogen-bond donors (Lipinski definition) is 4. The van der Waals surface area contributed by atoms with E-state index in [-0.39, 0.29) is 23.9 Å². The molecule has 2 aliphatic carbocycles. The molecule has 0 bridgehead atoms. The van der Waals surface area contributed by atoms with E-state index in [0.29, 0.717) is 30.1 Å². The molecule has 4 atom stereocenters. The molecule has 0 saturated heterocycles. The Hall–Kier alpha value is -8.28. The number of nitrogens with one attached hydrogen (secondary N) is 4. The molecule has 4 N–H and O–H groups in total. The minimum absolute atomic E-state index is 0.0209. The van der Waals surface area contributed by atoms with Crippen molar-refractivity contribution in [1.82, 2.24) is 59.1 Å². The van der Waals surface area contributed by atoms with Crippen LogP contribution in [0.25, 0.3) is 45.0 Å². The van der Waals surface area contributed by atoms with Crippen molar-refractivity contribution in [3.8, 4) is 45.0 Å². The zero-order valence-electron chi connectivity index (χ0n) is 40.9. The monoisotopic (exact) mass is 947 g/mol. The van der Waals surface area contributed by atoms with Crippen molar-refractivity contribution in [1.29, 1.82) is 10.8 Å². The molecule has 0 amide bonds. The Bertz CT molecular complexity index is 3280. The summed E-state index contributed by atoms with van der Waals surface area (Å²) < 4.78 is 7.69. The Morgan fingerprint density at radius 1 is 0.648 bits per heavy atom. The Labute approximate surface area is 412 Å². The maximum absolute atomic E-state index is 8.34. The van der Waals surface area contributed by atoms with Crippen LogP contribution in [-0.2, 0) is 46.3 Å². The van der Waals surface area contributed by atoms with E-state index in [1.165, 1.54) is 12.4 Å². The van der Waals surface area contributed by atoms with Crippen molar-refractivity contribution < 1.29 is 0 Å². The summed E-state index contributed by atoms with van der Waals surface area (Å²) in [5.41, 5.74) is 14.0. The van der Waals surface area contributed by atoms with Crippen LogP contribution in [-0.4, -0.2) is 96.5 Å². The fourth-order valence-electron chi connectivity index (χ4n) is 9.69. The molecule has 0 spiro atoms. The van der Waals surface area contributed by atoms with E-state index in [2.05, 4.69) is 88.1 Å². The number of aliphatic imine (C=N–C) groups is 2. The highest BCUT2D eigenvalue weighted by Crippen LogP contribution is 2.42. The molecule has 6 aromatic heterocycles. The fourth-order valence-corrected chi connectivity index (χ4v) is 9.69. The van der Waals surface area contributed by atoms with Gasteiger partial charge in [0.05, 0.1) is 52.0 Å². The quantitative estimate of drug-likeness (QED) is 0.0598. The van der Waals surface area contributed by atoms with Crippen molar-refractivity contribution >= 4 is 48.4 Å². The molecular formula is C53H58N18. The first-order valence-electron chi connectivity index (χ1n) is 24.3. The smallest absolute Gasteiger partial charge is 0.228 e. The molecule has 0 aliphatic heterocycles. The van der Waals surface area contributed by atoms with Gasteiger partial charge in [-0.15, -0.1) is 0 Å². The number of fused-ring (bicyclic) bond motifs is 6. The molecule has 0 radical (unpaired) electrons. The lowest BCUT2D eigenvalue weighted by atomic mass is 9.91. The van der Waals surface area contributed by atoms with Gasteiger partial charge in [0.15, 0.2) is 11.6 Å². The molecule has 4 unspecified atom stereocenters. The molecule has 6 heterocycles. The highest BCUT2D eigenvalue weighted by atomic mass is 15.3. The molecule has 71 heavy (non-hydrogen) atoms. The van der Waals surface area contributed by atoms with E-state index >= 15 is 0 Å². The first-order chi connectivity index (χ1) is 34.6. The SMILES string of the molecule is CCN=CC(C=N)c1ccc(-c2c3c(nn2C)CCc2cnc(Nc4ccn(C(C)CC(C)N=CC(C=N)c5ccc(-c6c7c(nn6C)CCc6cnc(Nc8ccn(CC)n8)nc6-7)cc5)n4)nc2-3)cc1. The van der Waals surface area contributed by atoms with Crippen molar-refractivity contribution in [3.63, 3.8) is 0 Å². The van der Waals surface area contributed by atoms with Crippen LogP contribution in [0.5, 0.6) is 0 Å². The molecule has 2 aliphatic rings. The zero-order chi connectivity index (χ0) is 49.2. The number of nitrogens with zero attached hydrogens (tertiary/aromatic N) is 14. The average molecular weight is 947 g/mol. The second-order valence-electron chi connectivity index (χ2n) is 18.2. The van der Waals surface area contributed by atoms with Crippen LogP contribution in [0, 0.1) is 10.8 Å². The average Bonchev–Trinajstić information content (AvgIpc) is 4.20. The molecule has 0 fully saturated rings. The minimum Gasteiger partial charge on any atom is -0.312 e. The second kappa shape index (κ2) is 20.0. The fraction of sp³-hybridized carbons (Fsp3) is 0.321. The zero-order valence-corrected chi connectivity index (χ0v) is 40.9. The van der Waals surface area contributed by atoms with Crippen molar-refractivity contribution in [2.75, 3.05) is 17.2 Å². The topological polar surface area (TPSA) is 219 Å². The number of aryl methyl sites for hydroxylation is 7. The molecule has 10 rings (SSSR count). The summed E-state index contributed by atoms with van der Waals surface area (Å²) >= 11 is 0. The van der Waals surface area contributed by atoms with Gasteiger partial charge in [-0.3, -0.25) is 28.7 Å². The lowest BCUT2D eigenvalue weighted by molar-refractivity contribution is 0.430. The molecule has 360 valence electrons. The highest BCUT2D eigenvalue weighted by Gasteiger charge is 2.29. The molecule has 2 aromatic carbocycles. The van der Waals surface area contributed by atoms with Crippen molar-refractivity contribution in [2.24, 2.45) is 24.1 Å². The van der Waals surface area contributed by atoms with Gasteiger partial charge in [-0.25, -0.2) is 19.9 Å². The summed E-state index contributed by atoms with van der Waals surface area (Å²) in [6, 6.07) is 20.5. The summed E-state index contributed by atoms with van der Waals surface area (Å²) in [5.74, 6) is 1.85. The van der Waals surface area contributed by atoms with E-state index < -0.39 is 0 Å². The molecule has 18 nitrogen and oxygen atoms in total. The van der Waals surface area contributed by atoms with Gasteiger partial charge in [0.2, 0.25) is 11.9 Å². The minimum atomic E-state index is -0.284. The van der Waals surface area contributed by atoms with Gasteiger partial charge in [0.1, 0.15) is 0 Å². The van der Waals surface area contributed by atoms with Gasteiger partial charge in [0, 0.05) is 117 Å². The summed E-state index contributed by atoms with van der Waals surface area (Å²) in [6.45, 7) is 9.73. The molecule has 18 heteroatoms. The number of hydrogen-bond acceptors (Lipinski definition) is 14. The summed E-state index contributed by atoms with van der Waals surface area (Å²) in [7, 11) is 3.96. The van der Waals surface area contributed by atoms with Crippen molar-refractivity contribution in [3.05, 3.63) is 119 Å². The maximum Gasteiger partial charge on any atom is 0.228 e. The van der Waals surface area contributed by atoms with Crippen LogP contribution in [0.15, 0.2) is 95.4 Å². The highest BCUT2D eigenvalue weighted by molar-refractivity contribution is 5.91. The summed E-state index contributed by atoms with van der Waals surface area (Å²) in [4.78, 5) is 28.6. The maximum atomic E-state index is 8.34. The molecule has 8 aromatic rings. The molecule has 0 saturated carbocycles. The first kappa shape index (κ1) is 46.4. The predicted octanol–water partition coefficient (Wildman–Crippen LogP) is 9.17. The largest absolute Gasteiger partial charge is 0.312 e. The van der Waals surface area contributed by atoms with E-state index in [0.717, 1.165) is 117 Å². The van der Waals surface area contributed by atoms with E-state index in [1.807, 2.05) is 96.0 Å². The van der Waals surface area contributed by atoms with E-state index in [4.69, 9.17) is 46.1 Å². The molecular weight excluding hydrogens is 889 g/mol. The third kappa shape index (κ3) is 9.44. The van der Waals surface area contributed by atoms with Gasteiger partial charge in [-0.05, 0) is 82.1 Å². The lowest BCUT2D eigenvalue weighted by Gasteiger charge is -2.17. The van der Waals surface area contributed by atoms with Crippen molar-refractivity contribution in [2.45, 2.75) is 90.3 Å². The van der Waals surface area contributed by atoms with E-state index in [1.54, 1.807) is 0 Å². The van der Waals surface area contributed by atoms with Gasteiger partial charge < -0.3 is 21.5 Å². The van der Waals surface area contributed by atoms with Crippen LogP contribution < -0.4 is 10.6 Å². The standard InChI is InChI=1S/C53H58N18/c1-7-56-28-40(26-54)34-9-13-36(14-10-34)50-47-43(65-68(50)5)20-18-39-30-59-53(63-49(39)47)61-45-22-24-71(67-45)33(4)25-32(3)57-31-41(27-55)35-11-15-37(16-12-35)51-46-42(64-69(51)6)19-17-38-29-58-52(62-48(38)46)60-44-21-23-70(8-2)66-44/h9-16,21-24,26-33,40-41,54-55H,7-8,17-20,25H2,1-6H3,(H,58,60,62,66)(H,59,61,63,67). The van der Waals surface area contributed by atoms with Gasteiger partial charge in [0.25, 0.3) is 0 Å². The third-order valence-electron chi connectivity index (χ3n) is 13.3. The van der Waals surface area contributed by atoms with Gasteiger partial charge in [-0.2, -0.15) is 20.4 Å². The van der Waals surface area contributed by atoms with Crippen LogP contribution in [0.2, 0.25) is 0 Å².